The molecule has 2 aromatic rings. The highest BCUT2D eigenvalue weighted by atomic mass is 35.5. The van der Waals surface area contributed by atoms with Gasteiger partial charge in [0.1, 0.15) is 0 Å². The number of rotatable bonds is 7. The average molecular weight is 356 g/mol. The molecule has 6 heteroatoms. The highest BCUT2D eigenvalue weighted by Crippen LogP contribution is 2.13. The predicted octanol–water partition coefficient (Wildman–Crippen LogP) is 3.45. The van der Waals surface area contributed by atoms with Gasteiger partial charge < -0.3 is 10.6 Å². The van der Waals surface area contributed by atoms with Crippen molar-refractivity contribution in [3.05, 3.63) is 59.9 Å². The van der Waals surface area contributed by atoms with Crippen molar-refractivity contribution < 1.29 is 4.79 Å². The van der Waals surface area contributed by atoms with Gasteiger partial charge in [0.25, 0.3) is 0 Å². The van der Waals surface area contributed by atoms with Crippen LogP contribution in [0, 0.1) is 0 Å². The number of hydrogen-bond donors (Lipinski definition) is 2. The summed E-state index contributed by atoms with van der Waals surface area (Å²) in [4.78, 5) is 15.7. The maximum Gasteiger partial charge on any atom is 0.224 e. The second-order valence-corrected chi connectivity index (χ2v) is 4.98. The number of carbonyl (C=O) groups excluding carboxylic acids is 1. The summed E-state index contributed by atoms with van der Waals surface area (Å²) >= 11 is 0. The number of carbonyl (C=O) groups is 1. The maximum atomic E-state index is 11.7. The lowest BCUT2D eigenvalue weighted by atomic mass is 10.1. The molecule has 2 N–H and O–H groups in total. The predicted molar refractivity (Wildman–Crippen MR) is 99.8 cm³/mol. The van der Waals surface area contributed by atoms with E-state index in [4.69, 9.17) is 0 Å². The number of pyridine rings is 1. The zero-order valence-electron chi connectivity index (χ0n) is 13.1. The molecule has 0 atom stereocenters. The largest absolute Gasteiger partial charge is 0.326 e. The van der Waals surface area contributed by atoms with Crippen LogP contribution in [0.2, 0.25) is 0 Å². The molecule has 0 aliphatic heterocycles. The van der Waals surface area contributed by atoms with Crippen LogP contribution in [0.5, 0.6) is 0 Å². The first-order valence-corrected chi connectivity index (χ1v) is 7.20. The summed E-state index contributed by atoms with van der Waals surface area (Å²) in [5.41, 5.74) is 3.30. The lowest BCUT2D eigenvalue weighted by molar-refractivity contribution is -0.116. The Hall–Kier alpha value is -1.62. The zero-order valence-corrected chi connectivity index (χ0v) is 14.8. The molecular formula is C17H23Cl2N3O. The van der Waals surface area contributed by atoms with Gasteiger partial charge in [-0.3, -0.25) is 9.78 Å². The fourth-order valence-corrected chi connectivity index (χ4v) is 2.09. The Morgan fingerprint density at radius 1 is 1.00 bits per heavy atom. The lowest BCUT2D eigenvalue weighted by Gasteiger charge is -2.07. The summed E-state index contributed by atoms with van der Waals surface area (Å²) in [6.07, 6.45) is 5.87. The van der Waals surface area contributed by atoms with Crippen molar-refractivity contribution in [2.75, 3.05) is 18.9 Å². The molecule has 23 heavy (non-hydrogen) atoms. The van der Waals surface area contributed by atoms with E-state index in [0.29, 0.717) is 6.42 Å². The molecule has 4 nitrogen and oxygen atoms in total. The van der Waals surface area contributed by atoms with Crippen molar-refractivity contribution in [2.45, 2.75) is 19.3 Å². The van der Waals surface area contributed by atoms with Crippen molar-refractivity contribution >= 4 is 36.4 Å². The number of nitrogens with zero attached hydrogens (tertiary/aromatic N) is 1. The molecule has 0 saturated heterocycles. The molecule has 1 heterocycles. The molecule has 2 rings (SSSR count). The summed E-state index contributed by atoms with van der Waals surface area (Å²) in [5, 5.41) is 5.95. The molecule has 0 saturated carbocycles. The first kappa shape index (κ1) is 21.4. The van der Waals surface area contributed by atoms with Crippen molar-refractivity contribution in [1.29, 1.82) is 0 Å². The lowest BCUT2D eigenvalue weighted by Crippen LogP contribution is -2.15. The van der Waals surface area contributed by atoms with E-state index in [9.17, 15) is 4.79 Å². The van der Waals surface area contributed by atoms with E-state index in [1.807, 2.05) is 43.4 Å². The highest BCUT2D eigenvalue weighted by molar-refractivity contribution is 5.90. The molecular weight excluding hydrogens is 333 g/mol. The quantitative estimate of drug-likeness (QED) is 0.747. The number of benzene rings is 1. The van der Waals surface area contributed by atoms with Crippen LogP contribution in [0.3, 0.4) is 0 Å². The van der Waals surface area contributed by atoms with E-state index in [1.165, 1.54) is 11.1 Å². The van der Waals surface area contributed by atoms with Crippen LogP contribution in [0.15, 0.2) is 48.8 Å². The van der Waals surface area contributed by atoms with Crippen LogP contribution in [-0.2, 0) is 11.2 Å². The van der Waals surface area contributed by atoms with Crippen LogP contribution in [0.25, 0.3) is 0 Å². The minimum Gasteiger partial charge on any atom is -0.326 e. The monoisotopic (exact) mass is 355 g/mol. The molecule has 0 spiro atoms. The fraction of sp³-hybridized carbons (Fsp3) is 0.294. The summed E-state index contributed by atoms with van der Waals surface area (Å²) in [6, 6.07) is 12.0. The SMILES string of the molecule is CNCCCC(=O)Nc1ccc(Cc2ccncc2)cc1.Cl.Cl. The van der Waals surface area contributed by atoms with Crippen LogP contribution >= 0.6 is 24.8 Å². The Bertz CT molecular complexity index is 562. The van der Waals surface area contributed by atoms with Crippen LogP contribution in [-0.4, -0.2) is 24.5 Å². The summed E-state index contributed by atoms with van der Waals surface area (Å²) in [5.74, 6) is 0.0622. The van der Waals surface area contributed by atoms with E-state index in [1.54, 1.807) is 12.4 Å². The van der Waals surface area contributed by atoms with Gasteiger partial charge in [0.05, 0.1) is 0 Å². The van der Waals surface area contributed by atoms with Gasteiger partial charge >= 0.3 is 0 Å². The number of anilines is 1. The second kappa shape index (κ2) is 11.9. The summed E-state index contributed by atoms with van der Waals surface area (Å²) in [6.45, 7) is 0.859. The average Bonchev–Trinajstić information content (AvgIpc) is 2.51. The Morgan fingerprint density at radius 3 is 2.22 bits per heavy atom. The van der Waals surface area contributed by atoms with Gasteiger partial charge in [-0.15, -0.1) is 24.8 Å². The Labute approximate surface area is 149 Å². The van der Waals surface area contributed by atoms with Gasteiger partial charge in [-0.2, -0.15) is 0 Å². The topological polar surface area (TPSA) is 54.0 Å². The van der Waals surface area contributed by atoms with E-state index in [0.717, 1.165) is 25.1 Å². The Balaban J connectivity index is 0.00000242. The number of halogens is 2. The smallest absolute Gasteiger partial charge is 0.224 e. The molecule has 0 bridgehead atoms. The molecule has 1 aromatic carbocycles. The third-order valence-electron chi connectivity index (χ3n) is 3.23. The Kier molecular flexibility index (Phi) is 11.0. The standard InChI is InChI=1S/C17H21N3O.2ClH/c1-18-10-2-3-17(21)20-16-6-4-14(5-7-16)13-15-8-11-19-12-9-15;;/h4-9,11-12,18H,2-3,10,13H2,1H3,(H,20,21);2*1H. The minimum atomic E-state index is 0. The van der Waals surface area contributed by atoms with Gasteiger partial charge in [-0.1, -0.05) is 12.1 Å². The molecule has 1 amide bonds. The number of aromatic nitrogens is 1. The zero-order chi connectivity index (χ0) is 14.9. The third-order valence-corrected chi connectivity index (χ3v) is 3.23. The van der Waals surface area contributed by atoms with E-state index in [2.05, 4.69) is 15.6 Å². The van der Waals surface area contributed by atoms with Gasteiger partial charge in [0.2, 0.25) is 5.91 Å². The van der Waals surface area contributed by atoms with Crippen molar-refractivity contribution in [1.82, 2.24) is 10.3 Å². The highest BCUT2D eigenvalue weighted by Gasteiger charge is 2.02. The summed E-state index contributed by atoms with van der Waals surface area (Å²) in [7, 11) is 1.89. The van der Waals surface area contributed by atoms with Crippen LogP contribution in [0.4, 0.5) is 5.69 Å². The van der Waals surface area contributed by atoms with Crippen LogP contribution in [0.1, 0.15) is 24.0 Å². The minimum absolute atomic E-state index is 0. The molecule has 0 aliphatic rings. The molecule has 1 aromatic heterocycles. The normalized spacial score (nSPS) is 9.43. The number of amides is 1. The third kappa shape index (κ3) is 7.98. The number of nitrogens with one attached hydrogen (secondary N) is 2. The van der Waals surface area contributed by atoms with Crippen molar-refractivity contribution in [2.24, 2.45) is 0 Å². The van der Waals surface area contributed by atoms with E-state index >= 15 is 0 Å². The molecule has 0 fully saturated rings. The maximum absolute atomic E-state index is 11.7. The molecule has 0 aliphatic carbocycles. The van der Waals surface area contributed by atoms with E-state index < -0.39 is 0 Å². The van der Waals surface area contributed by atoms with Gasteiger partial charge in [-0.05, 0) is 61.8 Å². The fourth-order valence-electron chi connectivity index (χ4n) is 2.09. The van der Waals surface area contributed by atoms with Gasteiger partial charge in [-0.25, -0.2) is 0 Å². The second-order valence-electron chi connectivity index (χ2n) is 4.98. The van der Waals surface area contributed by atoms with Gasteiger partial charge in [0, 0.05) is 24.5 Å². The van der Waals surface area contributed by atoms with Crippen molar-refractivity contribution in [3.63, 3.8) is 0 Å². The number of hydrogen-bond acceptors (Lipinski definition) is 3. The first-order valence-electron chi connectivity index (χ1n) is 7.20. The Morgan fingerprint density at radius 2 is 1.61 bits per heavy atom. The van der Waals surface area contributed by atoms with Crippen LogP contribution < -0.4 is 10.6 Å². The van der Waals surface area contributed by atoms with E-state index in [-0.39, 0.29) is 30.7 Å². The molecule has 0 radical (unpaired) electrons. The first-order chi connectivity index (χ1) is 10.3. The van der Waals surface area contributed by atoms with Gasteiger partial charge in [0.15, 0.2) is 0 Å². The molecule has 0 unspecified atom stereocenters. The summed E-state index contributed by atoms with van der Waals surface area (Å²) < 4.78 is 0. The van der Waals surface area contributed by atoms with Crippen molar-refractivity contribution in [3.8, 4) is 0 Å². The molecule has 126 valence electrons.